The van der Waals surface area contributed by atoms with Crippen LogP contribution in [0, 0.1) is 40.4 Å². The van der Waals surface area contributed by atoms with Crippen LogP contribution in [-0.2, 0) is 0 Å². The van der Waals surface area contributed by atoms with Crippen molar-refractivity contribution in [3.63, 3.8) is 0 Å². The molecule has 8 heteroatoms. The molecule has 5 N–H and O–H groups in total. The number of hydrogen-bond donors (Lipinski definition) is 3. The molecule has 8 nitrogen and oxygen atoms in total. The second-order valence-electron chi connectivity index (χ2n) is 15.1. The first-order chi connectivity index (χ1) is 19.2. The Morgan fingerprint density at radius 2 is 1.27 bits per heavy atom. The van der Waals surface area contributed by atoms with Gasteiger partial charge in [-0.2, -0.15) is 5.26 Å². The first-order valence-corrected chi connectivity index (χ1v) is 16.6. The molecule has 3 unspecified atom stereocenters. The summed E-state index contributed by atoms with van der Waals surface area (Å²) in [5, 5.41) is 11.8. The predicted octanol–water partition coefficient (Wildman–Crippen LogP) is 2.01. The zero-order valence-corrected chi connectivity index (χ0v) is 26.1. The van der Waals surface area contributed by atoms with Gasteiger partial charge in [0.2, 0.25) is 0 Å². The van der Waals surface area contributed by atoms with Crippen LogP contribution in [0.1, 0.15) is 64.2 Å². The summed E-state index contributed by atoms with van der Waals surface area (Å²) in [6.07, 6.45) is 13.3. The standard InChI is InChI=1S/C9H15N3.C9H17N.2C7H14N2/c1-12-5-7-8(6-12)9(7)11-4-2-3-10;1-10-7-5-9(6-8-10)3-2-4-9;2*1-9-4-5-2-6(9)3-7(5)8/h7-9,11H,2,4-6H2,1H3;2-8H2,1H3;2*5-7H,2-4,8H2,1H3/t;;5-,6-,7?;5-,6-,7-/m..00/s1. The van der Waals surface area contributed by atoms with Gasteiger partial charge in [-0.3, -0.25) is 0 Å². The van der Waals surface area contributed by atoms with Gasteiger partial charge >= 0.3 is 0 Å². The number of rotatable bonds is 3. The molecule has 0 aromatic carbocycles. The largest absolute Gasteiger partial charge is 0.327 e. The van der Waals surface area contributed by atoms with Crippen molar-refractivity contribution in [1.29, 1.82) is 5.26 Å². The van der Waals surface area contributed by atoms with Gasteiger partial charge in [0.15, 0.2) is 0 Å². The highest BCUT2D eigenvalue weighted by Crippen LogP contribution is 2.48. The molecule has 4 heterocycles. The lowest BCUT2D eigenvalue weighted by atomic mass is 9.63. The molecule has 0 aromatic heterocycles. The summed E-state index contributed by atoms with van der Waals surface area (Å²) < 4.78 is 0. The Balaban J connectivity index is 0.000000108. The van der Waals surface area contributed by atoms with Crippen LogP contribution in [0.2, 0.25) is 0 Å². The maximum absolute atomic E-state index is 8.35. The number of piperidine rings is 4. The Morgan fingerprint density at radius 1 is 0.750 bits per heavy atom. The van der Waals surface area contributed by atoms with Crippen LogP contribution in [0.3, 0.4) is 0 Å². The Labute approximate surface area is 245 Å². The number of nitrogens with two attached hydrogens (primary N) is 2. The third kappa shape index (κ3) is 7.22. The minimum Gasteiger partial charge on any atom is -0.327 e. The third-order valence-corrected chi connectivity index (χ3v) is 12.2. The summed E-state index contributed by atoms with van der Waals surface area (Å²) in [6, 6.07) is 5.57. The van der Waals surface area contributed by atoms with Crippen LogP contribution in [0.25, 0.3) is 0 Å². The lowest BCUT2D eigenvalue weighted by Gasteiger charge is -2.47. The molecule has 8 atom stereocenters. The van der Waals surface area contributed by atoms with Gasteiger partial charge < -0.3 is 36.4 Å². The minimum absolute atomic E-state index is 0.520. The molecule has 4 saturated heterocycles. The Morgan fingerprint density at radius 3 is 1.62 bits per heavy atom. The Kier molecular flexibility index (Phi) is 10.1. The van der Waals surface area contributed by atoms with E-state index in [-0.39, 0.29) is 0 Å². The molecule has 40 heavy (non-hydrogen) atoms. The van der Waals surface area contributed by atoms with E-state index in [2.05, 4.69) is 59.2 Å². The van der Waals surface area contributed by atoms with Gasteiger partial charge in [0, 0.05) is 69.4 Å². The summed E-state index contributed by atoms with van der Waals surface area (Å²) >= 11 is 0. The molecule has 4 bridgehead atoms. The topological polar surface area (TPSA) is 101 Å². The number of likely N-dealkylation sites (tertiary alicyclic amines) is 4. The number of nitrogens with zero attached hydrogens (tertiary/aromatic N) is 5. The van der Waals surface area contributed by atoms with Crippen molar-refractivity contribution in [2.45, 2.75) is 94.4 Å². The van der Waals surface area contributed by atoms with Crippen LogP contribution in [0.15, 0.2) is 0 Å². The van der Waals surface area contributed by atoms with Crippen molar-refractivity contribution in [1.82, 2.24) is 24.9 Å². The maximum Gasteiger partial charge on any atom is 0.0635 e. The average molecular weight is 557 g/mol. The highest BCUT2D eigenvalue weighted by atomic mass is 15.2. The van der Waals surface area contributed by atoms with E-state index >= 15 is 0 Å². The SMILES string of the molecule is CN1CC2C(C1)C2NCCC#N.CN1CCC2(CCC2)CC1.CN1C[C@@H]2C[C@H]1CC2N.CN1C[C@@H]2C[C@H]1C[C@@H]2N. The lowest BCUT2D eigenvalue weighted by molar-refractivity contribution is 0.0434. The minimum atomic E-state index is 0.520. The molecule has 8 fully saturated rings. The van der Waals surface area contributed by atoms with Gasteiger partial charge in [-0.05, 0) is 122 Å². The van der Waals surface area contributed by atoms with Gasteiger partial charge in [0.25, 0.3) is 0 Å². The van der Waals surface area contributed by atoms with Gasteiger partial charge in [0.05, 0.1) is 6.07 Å². The zero-order chi connectivity index (χ0) is 28.4. The fourth-order valence-electron chi connectivity index (χ4n) is 9.04. The summed E-state index contributed by atoms with van der Waals surface area (Å²) in [7, 11) is 8.83. The number of nitriles is 1. The molecule has 228 valence electrons. The molecular weight excluding hydrogens is 496 g/mol. The van der Waals surface area contributed by atoms with E-state index in [1.54, 1.807) is 0 Å². The van der Waals surface area contributed by atoms with E-state index < -0.39 is 0 Å². The molecular formula is C32H60N8. The van der Waals surface area contributed by atoms with Crippen LogP contribution >= 0.6 is 0 Å². The van der Waals surface area contributed by atoms with Crippen molar-refractivity contribution in [2.75, 3.05) is 74.0 Å². The second kappa shape index (κ2) is 13.2. The predicted molar refractivity (Wildman–Crippen MR) is 164 cm³/mol. The number of hydrogen-bond acceptors (Lipinski definition) is 8. The van der Waals surface area contributed by atoms with Gasteiger partial charge in [-0.15, -0.1) is 0 Å². The molecule has 0 amide bonds. The molecule has 0 radical (unpaired) electrons. The quantitative estimate of drug-likeness (QED) is 0.454. The Hall–Kier alpha value is -0.790. The lowest BCUT2D eigenvalue weighted by Crippen LogP contribution is -2.41. The molecule has 4 aliphatic carbocycles. The van der Waals surface area contributed by atoms with E-state index in [4.69, 9.17) is 16.7 Å². The van der Waals surface area contributed by atoms with E-state index in [0.29, 0.717) is 18.5 Å². The highest BCUT2D eigenvalue weighted by Gasteiger charge is 2.54. The number of nitrogens with one attached hydrogen (secondary N) is 1. The van der Waals surface area contributed by atoms with Gasteiger partial charge in [-0.25, -0.2) is 0 Å². The van der Waals surface area contributed by atoms with Crippen LogP contribution < -0.4 is 16.8 Å². The molecule has 1 spiro atoms. The molecule has 4 saturated carbocycles. The van der Waals surface area contributed by atoms with E-state index in [1.807, 2.05) is 0 Å². The molecule has 8 rings (SSSR count). The maximum atomic E-state index is 8.35. The molecule has 0 aromatic rings. The Bertz CT molecular complexity index is 768. The van der Waals surface area contributed by atoms with E-state index in [9.17, 15) is 0 Å². The van der Waals surface area contributed by atoms with Crippen LogP contribution in [0.4, 0.5) is 0 Å². The smallest absolute Gasteiger partial charge is 0.0635 e. The first kappa shape index (κ1) is 30.7. The van der Waals surface area contributed by atoms with Crippen LogP contribution in [-0.4, -0.2) is 124 Å². The highest BCUT2D eigenvalue weighted by molar-refractivity contribution is 5.09. The van der Waals surface area contributed by atoms with Crippen molar-refractivity contribution < 1.29 is 0 Å². The molecule has 8 aliphatic rings. The second-order valence-corrected chi connectivity index (χ2v) is 15.1. The van der Waals surface area contributed by atoms with Crippen molar-refractivity contribution >= 4 is 0 Å². The van der Waals surface area contributed by atoms with Crippen molar-refractivity contribution in [2.24, 2.45) is 40.6 Å². The van der Waals surface area contributed by atoms with Crippen LogP contribution in [0.5, 0.6) is 0 Å². The first-order valence-electron chi connectivity index (χ1n) is 16.6. The van der Waals surface area contributed by atoms with E-state index in [1.165, 1.54) is 97.1 Å². The fourth-order valence-corrected chi connectivity index (χ4v) is 9.04. The summed E-state index contributed by atoms with van der Waals surface area (Å²) in [5.74, 6) is 3.40. The van der Waals surface area contributed by atoms with Gasteiger partial charge in [-0.1, -0.05) is 6.42 Å². The average Bonchev–Trinajstić information content (AvgIpc) is 3.49. The third-order valence-electron chi connectivity index (χ3n) is 12.2. The van der Waals surface area contributed by atoms with E-state index in [0.717, 1.165) is 53.8 Å². The van der Waals surface area contributed by atoms with Crippen molar-refractivity contribution in [3.8, 4) is 6.07 Å². The van der Waals surface area contributed by atoms with Crippen molar-refractivity contribution in [3.05, 3.63) is 0 Å². The fraction of sp³-hybridized carbons (Fsp3) is 0.969. The summed E-state index contributed by atoms with van der Waals surface area (Å²) in [6.45, 7) is 8.54. The summed E-state index contributed by atoms with van der Waals surface area (Å²) in [4.78, 5) is 9.73. The number of fused-ring (bicyclic) bond motifs is 5. The monoisotopic (exact) mass is 556 g/mol. The summed E-state index contributed by atoms with van der Waals surface area (Å²) in [5.41, 5.74) is 12.6. The zero-order valence-electron chi connectivity index (χ0n) is 26.1. The molecule has 4 aliphatic heterocycles. The normalized spacial score (nSPS) is 42.6. The van der Waals surface area contributed by atoms with Gasteiger partial charge in [0.1, 0.15) is 0 Å².